The van der Waals surface area contributed by atoms with Crippen molar-refractivity contribution in [2.75, 3.05) is 13.1 Å². The zero-order chi connectivity index (χ0) is 17.0. The van der Waals surface area contributed by atoms with Crippen LogP contribution in [0.2, 0.25) is 0 Å². The Hall–Kier alpha value is -2.25. The molecule has 2 unspecified atom stereocenters. The van der Waals surface area contributed by atoms with Gasteiger partial charge in [-0.1, -0.05) is 30.3 Å². The fourth-order valence-electron chi connectivity index (χ4n) is 2.49. The number of nitrogens with zero attached hydrogens (tertiary/aromatic N) is 1. The van der Waals surface area contributed by atoms with Crippen molar-refractivity contribution in [2.24, 2.45) is 5.92 Å². The van der Waals surface area contributed by atoms with Crippen molar-refractivity contribution in [3.63, 3.8) is 0 Å². The average Bonchev–Trinajstić information content (AvgIpc) is 2.96. The third kappa shape index (κ3) is 4.61. The number of hydrogen-bond donors (Lipinski definition) is 2. The van der Waals surface area contributed by atoms with Crippen LogP contribution in [-0.2, 0) is 11.2 Å². The van der Waals surface area contributed by atoms with Crippen LogP contribution in [0, 0.1) is 5.92 Å². The molecule has 0 radical (unpaired) electrons. The van der Waals surface area contributed by atoms with Crippen LogP contribution >= 0.6 is 0 Å². The van der Waals surface area contributed by atoms with Gasteiger partial charge in [-0.25, -0.2) is 4.79 Å². The summed E-state index contributed by atoms with van der Waals surface area (Å²) < 4.78 is 39.4. The van der Waals surface area contributed by atoms with Gasteiger partial charge in [0.25, 0.3) is 0 Å². The maximum Gasteiger partial charge on any atom is 0.408 e. The molecule has 1 saturated heterocycles. The van der Waals surface area contributed by atoms with E-state index in [0.717, 1.165) is 4.90 Å². The minimum atomic E-state index is -4.59. The summed E-state index contributed by atoms with van der Waals surface area (Å²) in [4.78, 5) is 24.0. The number of rotatable bonds is 4. The SMILES string of the molecule is O=C(O)C1CCN(C(=O)NC(Cc2ccccc2)C(F)(F)F)C1. The monoisotopic (exact) mass is 330 g/mol. The van der Waals surface area contributed by atoms with Crippen LogP contribution in [0.4, 0.5) is 18.0 Å². The summed E-state index contributed by atoms with van der Waals surface area (Å²) in [7, 11) is 0. The molecule has 0 aromatic heterocycles. The number of hydrogen-bond acceptors (Lipinski definition) is 2. The van der Waals surface area contributed by atoms with Crippen molar-refractivity contribution in [1.82, 2.24) is 10.2 Å². The molecule has 1 aliphatic heterocycles. The number of amides is 2. The summed E-state index contributed by atoms with van der Waals surface area (Å²) in [6, 6.07) is 5.17. The molecule has 1 heterocycles. The predicted octanol–water partition coefficient (Wildman–Crippen LogP) is 2.28. The van der Waals surface area contributed by atoms with Crippen LogP contribution in [0.25, 0.3) is 0 Å². The van der Waals surface area contributed by atoms with Gasteiger partial charge in [0.1, 0.15) is 6.04 Å². The highest BCUT2D eigenvalue weighted by Crippen LogP contribution is 2.24. The molecule has 23 heavy (non-hydrogen) atoms. The molecule has 2 N–H and O–H groups in total. The van der Waals surface area contributed by atoms with Gasteiger partial charge in [0, 0.05) is 19.5 Å². The van der Waals surface area contributed by atoms with E-state index in [4.69, 9.17) is 5.11 Å². The highest BCUT2D eigenvalue weighted by Gasteiger charge is 2.42. The number of carboxylic acids is 1. The number of carbonyl (C=O) groups is 2. The normalized spacial score (nSPS) is 19.4. The molecule has 126 valence electrons. The van der Waals surface area contributed by atoms with Gasteiger partial charge >= 0.3 is 18.2 Å². The minimum Gasteiger partial charge on any atom is -0.481 e. The molecule has 5 nitrogen and oxygen atoms in total. The lowest BCUT2D eigenvalue weighted by atomic mass is 10.1. The van der Waals surface area contributed by atoms with Crippen molar-refractivity contribution in [3.05, 3.63) is 35.9 Å². The molecule has 8 heteroatoms. The maximum absolute atomic E-state index is 13.1. The van der Waals surface area contributed by atoms with Crippen molar-refractivity contribution < 1.29 is 27.9 Å². The first-order valence-corrected chi connectivity index (χ1v) is 7.16. The number of aliphatic carboxylic acids is 1. The first-order valence-electron chi connectivity index (χ1n) is 7.16. The largest absolute Gasteiger partial charge is 0.481 e. The second-order valence-corrected chi connectivity index (χ2v) is 5.50. The third-order valence-corrected chi connectivity index (χ3v) is 3.80. The lowest BCUT2D eigenvalue weighted by Gasteiger charge is -2.25. The molecule has 0 aliphatic carbocycles. The molecule has 2 amide bonds. The van der Waals surface area contributed by atoms with Crippen molar-refractivity contribution in [2.45, 2.75) is 25.1 Å². The Morgan fingerprint density at radius 3 is 2.48 bits per heavy atom. The van der Waals surface area contributed by atoms with E-state index in [1.807, 2.05) is 5.32 Å². The van der Waals surface area contributed by atoms with E-state index in [1.165, 1.54) is 0 Å². The number of benzene rings is 1. The van der Waals surface area contributed by atoms with E-state index in [1.54, 1.807) is 30.3 Å². The van der Waals surface area contributed by atoms with Gasteiger partial charge in [-0.15, -0.1) is 0 Å². The van der Waals surface area contributed by atoms with Gasteiger partial charge in [-0.2, -0.15) is 13.2 Å². The lowest BCUT2D eigenvalue weighted by Crippen LogP contribution is -2.51. The maximum atomic E-state index is 13.1. The van der Waals surface area contributed by atoms with Crippen LogP contribution in [0.5, 0.6) is 0 Å². The predicted molar refractivity (Wildman–Crippen MR) is 75.8 cm³/mol. The van der Waals surface area contributed by atoms with Crippen LogP contribution < -0.4 is 5.32 Å². The summed E-state index contributed by atoms with van der Waals surface area (Å²) >= 11 is 0. The number of urea groups is 1. The van der Waals surface area contributed by atoms with Crippen LogP contribution in [0.1, 0.15) is 12.0 Å². The Labute approximate surface area is 131 Å². The second-order valence-electron chi connectivity index (χ2n) is 5.50. The average molecular weight is 330 g/mol. The zero-order valence-electron chi connectivity index (χ0n) is 12.2. The van der Waals surface area contributed by atoms with Gasteiger partial charge in [-0.05, 0) is 12.0 Å². The Morgan fingerprint density at radius 1 is 1.30 bits per heavy atom. The van der Waals surface area contributed by atoms with Crippen LogP contribution in [-0.4, -0.2) is 47.3 Å². The first-order chi connectivity index (χ1) is 10.8. The molecule has 1 aliphatic rings. The number of alkyl halides is 3. The number of likely N-dealkylation sites (tertiary alicyclic amines) is 1. The molecule has 2 rings (SSSR count). The molecule has 2 atom stereocenters. The molecule has 0 saturated carbocycles. The Kier molecular flexibility index (Phi) is 5.12. The van der Waals surface area contributed by atoms with Crippen molar-refractivity contribution in [1.29, 1.82) is 0 Å². The molecule has 1 fully saturated rings. The van der Waals surface area contributed by atoms with E-state index in [9.17, 15) is 22.8 Å². The summed E-state index contributed by atoms with van der Waals surface area (Å²) in [6.07, 6.45) is -4.71. The molecule has 0 spiro atoms. The fourth-order valence-corrected chi connectivity index (χ4v) is 2.49. The summed E-state index contributed by atoms with van der Waals surface area (Å²) in [5.41, 5.74) is 0.458. The van der Waals surface area contributed by atoms with E-state index in [0.29, 0.717) is 5.56 Å². The van der Waals surface area contributed by atoms with E-state index in [-0.39, 0.29) is 25.9 Å². The van der Waals surface area contributed by atoms with Gasteiger partial charge in [0.2, 0.25) is 0 Å². The zero-order valence-corrected chi connectivity index (χ0v) is 12.2. The Morgan fingerprint density at radius 2 is 1.96 bits per heavy atom. The highest BCUT2D eigenvalue weighted by atomic mass is 19.4. The number of halogens is 3. The molecular weight excluding hydrogens is 313 g/mol. The topological polar surface area (TPSA) is 69.6 Å². The second kappa shape index (κ2) is 6.89. The summed E-state index contributed by atoms with van der Waals surface area (Å²) in [5, 5.41) is 10.9. The smallest absolute Gasteiger partial charge is 0.408 e. The molecular formula is C15H17F3N2O3. The number of carboxylic acid groups (broad SMARTS) is 1. The van der Waals surface area contributed by atoms with Gasteiger partial charge in [0.15, 0.2) is 0 Å². The summed E-state index contributed by atoms with van der Waals surface area (Å²) in [5.74, 6) is -1.77. The highest BCUT2D eigenvalue weighted by molar-refractivity contribution is 5.77. The van der Waals surface area contributed by atoms with Gasteiger partial charge in [-0.3, -0.25) is 4.79 Å². The summed E-state index contributed by atoms with van der Waals surface area (Å²) in [6.45, 7) is 0.0653. The van der Waals surface area contributed by atoms with E-state index >= 15 is 0 Å². The van der Waals surface area contributed by atoms with Gasteiger partial charge < -0.3 is 15.3 Å². The van der Waals surface area contributed by atoms with E-state index in [2.05, 4.69) is 0 Å². The van der Waals surface area contributed by atoms with Crippen LogP contribution in [0.15, 0.2) is 30.3 Å². The Balaban J connectivity index is 2.01. The molecule has 1 aromatic rings. The number of carbonyl (C=O) groups excluding carboxylic acids is 1. The number of nitrogens with one attached hydrogen (secondary N) is 1. The lowest BCUT2D eigenvalue weighted by molar-refractivity contribution is -0.153. The van der Waals surface area contributed by atoms with E-state index < -0.39 is 30.1 Å². The quantitative estimate of drug-likeness (QED) is 0.890. The van der Waals surface area contributed by atoms with Gasteiger partial charge in [0.05, 0.1) is 5.92 Å². The first kappa shape index (κ1) is 17.1. The standard InChI is InChI=1S/C15H17F3N2O3/c16-15(17,18)12(8-10-4-2-1-3-5-10)19-14(23)20-7-6-11(9-20)13(21)22/h1-5,11-12H,6-9H2,(H,19,23)(H,21,22). The molecule has 0 bridgehead atoms. The van der Waals surface area contributed by atoms with Crippen molar-refractivity contribution in [3.8, 4) is 0 Å². The Bertz CT molecular complexity index is 563. The fraction of sp³-hybridized carbons (Fsp3) is 0.467. The minimum absolute atomic E-state index is 0.0723. The van der Waals surface area contributed by atoms with Crippen LogP contribution in [0.3, 0.4) is 0 Å². The van der Waals surface area contributed by atoms with Crippen molar-refractivity contribution >= 4 is 12.0 Å². The molecule has 1 aromatic carbocycles. The third-order valence-electron chi connectivity index (χ3n) is 3.80.